The van der Waals surface area contributed by atoms with Crippen molar-refractivity contribution in [1.29, 1.82) is 0 Å². The molecule has 2 nitrogen and oxygen atoms in total. The van der Waals surface area contributed by atoms with E-state index in [4.69, 9.17) is 4.74 Å². The van der Waals surface area contributed by atoms with E-state index < -0.39 is 12.6 Å². The van der Waals surface area contributed by atoms with Crippen molar-refractivity contribution >= 4 is 0 Å². The third kappa shape index (κ3) is 10.2. The SMILES string of the molecule is CCCNC(CCC)C(CC)OCCCC(F)(F)F. The molecule has 0 aromatic rings. The molecule has 0 aromatic heterocycles. The highest BCUT2D eigenvalue weighted by Gasteiger charge is 2.26. The fourth-order valence-electron chi connectivity index (χ4n) is 2.09. The van der Waals surface area contributed by atoms with Crippen molar-refractivity contribution in [1.82, 2.24) is 5.32 Å². The first-order valence-electron chi connectivity index (χ1n) is 7.36. The Morgan fingerprint density at radius 2 is 1.79 bits per heavy atom. The Morgan fingerprint density at radius 1 is 1.11 bits per heavy atom. The smallest absolute Gasteiger partial charge is 0.377 e. The summed E-state index contributed by atoms with van der Waals surface area (Å²) in [7, 11) is 0. The number of rotatable bonds is 11. The molecule has 0 spiro atoms. The summed E-state index contributed by atoms with van der Waals surface area (Å²) >= 11 is 0. The van der Waals surface area contributed by atoms with Gasteiger partial charge in [-0.2, -0.15) is 13.2 Å². The molecule has 0 saturated heterocycles. The Hall–Kier alpha value is -0.290. The maximum atomic E-state index is 12.0. The minimum Gasteiger partial charge on any atom is -0.377 e. The molecule has 116 valence electrons. The molecule has 0 rings (SSSR count). The molecule has 1 N–H and O–H groups in total. The average Bonchev–Trinajstić information content (AvgIpc) is 2.34. The van der Waals surface area contributed by atoms with E-state index in [0.29, 0.717) is 0 Å². The summed E-state index contributed by atoms with van der Waals surface area (Å²) in [5.74, 6) is 0. The fourth-order valence-corrected chi connectivity index (χ4v) is 2.09. The number of hydrogen-bond donors (Lipinski definition) is 1. The summed E-state index contributed by atoms with van der Waals surface area (Å²) in [5, 5.41) is 3.43. The van der Waals surface area contributed by atoms with Crippen LogP contribution < -0.4 is 5.32 Å². The van der Waals surface area contributed by atoms with Crippen LogP contribution in [-0.4, -0.2) is 31.5 Å². The molecule has 0 aliphatic heterocycles. The first-order valence-corrected chi connectivity index (χ1v) is 7.36. The molecule has 2 unspecified atom stereocenters. The molecule has 19 heavy (non-hydrogen) atoms. The lowest BCUT2D eigenvalue weighted by molar-refractivity contribution is -0.139. The summed E-state index contributed by atoms with van der Waals surface area (Å²) < 4.78 is 41.8. The quantitative estimate of drug-likeness (QED) is 0.571. The molecule has 0 aliphatic rings. The van der Waals surface area contributed by atoms with Gasteiger partial charge in [-0.05, 0) is 32.2 Å². The number of hydrogen-bond acceptors (Lipinski definition) is 2. The van der Waals surface area contributed by atoms with Crippen molar-refractivity contribution in [3.8, 4) is 0 Å². The average molecular weight is 283 g/mol. The number of alkyl halides is 3. The standard InChI is InChI=1S/C14H28F3NO/c1-4-8-12(18-10-5-2)13(6-3)19-11-7-9-14(15,16)17/h12-13,18H,4-11H2,1-3H3. The van der Waals surface area contributed by atoms with Crippen molar-refractivity contribution in [2.24, 2.45) is 0 Å². The second-order valence-electron chi connectivity index (χ2n) is 4.89. The second-order valence-corrected chi connectivity index (χ2v) is 4.89. The molecule has 5 heteroatoms. The fraction of sp³-hybridized carbons (Fsp3) is 1.00. The van der Waals surface area contributed by atoms with E-state index in [-0.39, 0.29) is 25.2 Å². The largest absolute Gasteiger partial charge is 0.389 e. The van der Waals surface area contributed by atoms with Crippen LogP contribution in [0.1, 0.15) is 59.3 Å². The van der Waals surface area contributed by atoms with Gasteiger partial charge in [-0.1, -0.05) is 27.2 Å². The van der Waals surface area contributed by atoms with Crippen LogP contribution in [0.3, 0.4) is 0 Å². The highest BCUT2D eigenvalue weighted by molar-refractivity contribution is 4.76. The zero-order valence-corrected chi connectivity index (χ0v) is 12.4. The van der Waals surface area contributed by atoms with Crippen molar-refractivity contribution in [3.05, 3.63) is 0 Å². The van der Waals surface area contributed by atoms with Gasteiger partial charge in [0.1, 0.15) is 0 Å². The predicted octanol–water partition coefficient (Wildman–Crippen LogP) is 4.29. The highest BCUT2D eigenvalue weighted by Crippen LogP contribution is 2.21. The Labute approximate surface area is 115 Å². The third-order valence-corrected chi connectivity index (χ3v) is 3.04. The lowest BCUT2D eigenvalue weighted by atomic mass is 10.0. The van der Waals surface area contributed by atoms with Crippen LogP contribution >= 0.6 is 0 Å². The molecule has 0 saturated carbocycles. The van der Waals surface area contributed by atoms with Crippen molar-refractivity contribution in [2.45, 2.75) is 77.6 Å². The Kier molecular flexibility index (Phi) is 10.3. The summed E-state index contributed by atoms with van der Waals surface area (Å²) in [6.45, 7) is 7.34. The van der Waals surface area contributed by atoms with Gasteiger partial charge >= 0.3 is 6.18 Å². The zero-order chi connectivity index (χ0) is 14.7. The molecule has 0 fully saturated rings. The van der Waals surface area contributed by atoms with E-state index in [1.165, 1.54) is 0 Å². The van der Waals surface area contributed by atoms with Crippen molar-refractivity contribution in [2.75, 3.05) is 13.2 Å². The second kappa shape index (κ2) is 10.5. The summed E-state index contributed by atoms with van der Waals surface area (Å²) in [4.78, 5) is 0. The molecule has 0 aromatic carbocycles. The molecule has 0 heterocycles. The molecular weight excluding hydrogens is 255 g/mol. The van der Waals surface area contributed by atoms with Gasteiger partial charge in [0.05, 0.1) is 6.10 Å². The molecular formula is C14H28F3NO. The van der Waals surface area contributed by atoms with Crippen molar-refractivity contribution in [3.63, 3.8) is 0 Å². The number of ether oxygens (including phenoxy) is 1. The van der Waals surface area contributed by atoms with Gasteiger partial charge in [-0.15, -0.1) is 0 Å². The van der Waals surface area contributed by atoms with Crippen LogP contribution in [0.15, 0.2) is 0 Å². The highest BCUT2D eigenvalue weighted by atomic mass is 19.4. The third-order valence-electron chi connectivity index (χ3n) is 3.04. The monoisotopic (exact) mass is 283 g/mol. The maximum absolute atomic E-state index is 12.0. The summed E-state index contributed by atoms with van der Waals surface area (Å²) in [5.41, 5.74) is 0. The molecule has 0 radical (unpaired) electrons. The zero-order valence-electron chi connectivity index (χ0n) is 12.4. The van der Waals surface area contributed by atoms with Crippen LogP contribution in [0, 0.1) is 0 Å². The van der Waals surface area contributed by atoms with Gasteiger partial charge in [0.15, 0.2) is 0 Å². The normalized spacial score (nSPS) is 15.5. The van der Waals surface area contributed by atoms with E-state index >= 15 is 0 Å². The van der Waals surface area contributed by atoms with Crippen LogP contribution in [0.4, 0.5) is 13.2 Å². The minimum absolute atomic E-state index is 0.0136. The Bertz CT molecular complexity index is 209. The van der Waals surface area contributed by atoms with Gasteiger partial charge in [-0.25, -0.2) is 0 Å². The van der Waals surface area contributed by atoms with Crippen LogP contribution in [0.5, 0.6) is 0 Å². The van der Waals surface area contributed by atoms with Crippen LogP contribution in [0.2, 0.25) is 0 Å². The topological polar surface area (TPSA) is 21.3 Å². The first-order chi connectivity index (χ1) is 8.94. The van der Waals surface area contributed by atoms with E-state index in [0.717, 1.165) is 32.2 Å². The van der Waals surface area contributed by atoms with Crippen molar-refractivity contribution < 1.29 is 17.9 Å². The molecule has 0 aliphatic carbocycles. The molecule has 0 bridgehead atoms. The minimum atomic E-state index is -4.08. The predicted molar refractivity (Wildman–Crippen MR) is 72.3 cm³/mol. The number of halogens is 3. The molecule has 2 atom stereocenters. The first kappa shape index (κ1) is 18.7. The van der Waals surface area contributed by atoms with Gasteiger partial charge in [0.25, 0.3) is 0 Å². The number of nitrogens with one attached hydrogen (secondary N) is 1. The van der Waals surface area contributed by atoms with E-state index in [1.54, 1.807) is 0 Å². The van der Waals surface area contributed by atoms with E-state index in [9.17, 15) is 13.2 Å². The van der Waals surface area contributed by atoms with Gasteiger partial charge in [0.2, 0.25) is 0 Å². The Morgan fingerprint density at radius 3 is 2.26 bits per heavy atom. The van der Waals surface area contributed by atoms with E-state index in [1.807, 2.05) is 6.92 Å². The van der Waals surface area contributed by atoms with Crippen LogP contribution in [-0.2, 0) is 4.74 Å². The summed E-state index contributed by atoms with van der Waals surface area (Å²) in [6, 6.07) is 0.251. The lowest BCUT2D eigenvalue weighted by Crippen LogP contribution is -2.41. The van der Waals surface area contributed by atoms with E-state index in [2.05, 4.69) is 19.2 Å². The summed E-state index contributed by atoms with van der Waals surface area (Å²) in [6.07, 6.45) is -0.856. The Balaban J connectivity index is 4.05. The van der Waals surface area contributed by atoms with Crippen LogP contribution in [0.25, 0.3) is 0 Å². The van der Waals surface area contributed by atoms with Gasteiger partial charge in [-0.3, -0.25) is 0 Å². The van der Waals surface area contributed by atoms with Gasteiger partial charge in [0, 0.05) is 19.1 Å². The lowest BCUT2D eigenvalue weighted by Gasteiger charge is -2.27. The molecule has 0 amide bonds. The van der Waals surface area contributed by atoms with Gasteiger partial charge < -0.3 is 10.1 Å². The maximum Gasteiger partial charge on any atom is 0.389 e.